The van der Waals surface area contributed by atoms with Crippen molar-refractivity contribution in [2.24, 2.45) is 0 Å². The summed E-state index contributed by atoms with van der Waals surface area (Å²) in [5.74, 6) is -0.138. The number of hydrogen-bond acceptors (Lipinski definition) is 2. The standard InChI is InChI=1S/C17H19ClN2O/c1-13-8-9-15(16(18)12-13)17(21)19-10-11-20(2)14-6-4-3-5-7-14/h3-9,12H,10-11H2,1-2H3,(H,19,21). The van der Waals surface area contributed by atoms with Gasteiger partial charge >= 0.3 is 0 Å². The number of likely N-dealkylation sites (N-methyl/N-ethyl adjacent to an activating group) is 1. The number of halogens is 1. The first-order chi connectivity index (χ1) is 10.1. The van der Waals surface area contributed by atoms with Crippen LogP contribution in [0.1, 0.15) is 15.9 Å². The van der Waals surface area contributed by atoms with Crippen LogP contribution < -0.4 is 10.2 Å². The molecule has 0 fully saturated rings. The Morgan fingerprint density at radius 2 is 1.90 bits per heavy atom. The third-order valence-corrected chi connectivity index (χ3v) is 3.61. The van der Waals surface area contributed by atoms with Crippen LogP contribution in [0.2, 0.25) is 5.02 Å². The highest BCUT2D eigenvalue weighted by molar-refractivity contribution is 6.33. The van der Waals surface area contributed by atoms with Gasteiger partial charge in [-0.3, -0.25) is 4.79 Å². The van der Waals surface area contributed by atoms with Crippen LogP contribution in [0.15, 0.2) is 48.5 Å². The number of aryl methyl sites for hydroxylation is 1. The first-order valence-corrected chi connectivity index (χ1v) is 7.26. The fraction of sp³-hybridized carbons (Fsp3) is 0.235. The lowest BCUT2D eigenvalue weighted by atomic mass is 10.1. The van der Waals surface area contributed by atoms with E-state index in [1.807, 2.05) is 50.4 Å². The van der Waals surface area contributed by atoms with E-state index in [1.165, 1.54) is 0 Å². The number of nitrogens with one attached hydrogen (secondary N) is 1. The van der Waals surface area contributed by atoms with Crippen LogP contribution in [0.4, 0.5) is 5.69 Å². The molecule has 0 aliphatic heterocycles. The molecule has 2 aromatic carbocycles. The molecule has 110 valence electrons. The third-order valence-electron chi connectivity index (χ3n) is 3.30. The van der Waals surface area contributed by atoms with E-state index in [2.05, 4.69) is 10.2 Å². The molecule has 0 saturated carbocycles. The number of nitrogens with zero attached hydrogens (tertiary/aromatic N) is 1. The van der Waals surface area contributed by atoms with Crippen LogP contribution in [-0.4, -0.2) is 26.0 Å². The Balaban J connectivity index is 1.87. The number of carbonyl (C=O) groups excluding carboxylic acids is 1. The SMILES string of the molecule is Cc1ccc(C(=O)NCCN(C)c2ccccc2)c(Cl)c1. The maximum absolute atomic E-state index is 12.1. The smallest absolute Gasteiger partial charge is 0.252 e. The second-order valence-electron chi connectivity index (χ2n) is 5.00. The van der Waals surface area contributed by atoms with Gasteiger partial charge in [-0.15, -0.1) is 0 Å². The van der Waals surface area contributed by atoms with Crippen molar-refractivity contribution in [2.75, 3.05) is 25.0 Å². The summed E-state index contributed by atoms with van der Waals surface area (Å²) in [5.41, 5.74) is 2.69. The topological polar surface area (TPSA) is 32.3 Å². The van der Waals surface area contributed by atoms with Crippen molar-refractivity contribution in [3.8, 4) is 0 Å². The lowest BCUT2D eigenvalue weighted by Crippen LogP contribution is -2.33. The highest BCUT2D eigenvalue weighted by atomic mass is 35.5. The zero-order valence-corrected chi connectivity index (χ0v) is 13.0. The fourth-order valence-electron chi connectivity index (χ4n) is 2.05. The first-order valence-electron chi connectivity index (χ1n) is 6.88. The van der Waals surface area contributed by atoms with E-state index in [9.17, 15) is 4.79 Å². The van der Waals surface area contributed by atoms with Crippen LogP contribution in [0.25, 0.3) is 0 Å². The predicted molar refractivity (Wildman–Crippen MR) is 88.2 cm³/mol. The van der Waals surface area contributed by atoms with Crippen molar-refractivity contribution in [2.45, 2.75) is 6.92 Å². The van der Waals surface area contributed by atoms with Crippen molar-refractivity contribution in [3.63, 3.8) is 0 Å². The minimum Gasteiger partial charge on any atom is -0.373 e. The minimum absolute atomic E-state index is 0.138. The fourth-order valence-corrected chi connectivity index (χ4v) is 2.37. The summed E-state index contributed by atoms with van der Waals surface area (Å²) in [4.78, 5) is 14.2. The molecule has 2 rings (SSSR count). The summed E-state index contributed by atoms with van der Waals surface area (Å²) < 4.78 is 0. The van der Waals surface area contributed by atoms with Gasteiger partial charge in [-0.1, -0.05) is 35.9 Å². The van der Waals surface area contributed by atoms with E-state index in [-0.39, 0.29) is 5.91 Å². The number of amides is 1. The molecule has 0 aliphatic carbocycles. The highest BCUT2D eigenvalue weighted by Crippen LogP contribution is 2.17. The molecule has 0 unspecified atom stereocenters. The Morgan fingerprint density at radius 1 is 1.19 bits per heavy atom. The Kier molecular flexibility index (Phi) is 5.23. The second-order valence-corrected chi connectivity index (χ2v) is 5.40. The van der Waals surface area contributed by atoms with Crippen molar-refractivity contribution in [1.82, 2.24) is 5.32 Å². The molecule has 0 heterocycles. The summed E-state index contributed by atoms with van der Waals surface area (Å²) in [5, 5.41) is 3.38. The largest absolute Gasteiger partial charge is 0.373 e. The lowest BCUT2D eigenvalue weighted by Gasteiger charge is -2.19. The van der Waals surface area contributed by atoms with E-state index in [4.69, 9.17) is 11.6 Å². The molecule has 0 atom stereocenters. The van der Waals surface area contributed by atoms with Gasteiger partial charge in [-0.05, 0) is 36.8 Å². The Bertz CT molecular complexity index is 613. The van der Waals surface area contributed by atoms with Gasteiger partial charge in [0.2, 0.25) is 0 Å². The van der Waals surface area contributed by atoms with Gasteiger partial charge in [0, 0.05) is 25.8 Å². The van der Waals surface area contributed by atoms with E-state index < -0.39 is 0 Å². The van der Waals surface area contributed by atoms with Crippen molar-refractivity contribution >= 4 is 23.2 Å². The maximum atomic E-state index is 12.1. The molecule has 0 aliphatic rings. The average Bonchev–Trinajstić information content (AvgIpc) is 2.47. The molecule has 2 aromatic rings. The summed E-state index contributed by atoms with van der Waals surface area (Å²) >= 11 is 6.09. The number of benzene rings is 2. The molecule has 1 N–H and O–H groups in total. The van der Waals surface area contributed by atoms with Gasteiger partial charge in [0.25, 0.3) is 5.91 Å². The molecule has 21 heavy (non-hydrogen) atoms. The quantitative estimate of drug-likeness (QED) is 0.916. The van der Waals surface area contributed by atoms with E-state index in [0.29, 0.717) is 17.1 Å². The van der Waals surface area contributed by atoms with Crippen molar-refractivity contribution in [3.05, 3.63) is 64.7 Å². The van der Waals surface area contributed by atoms with E-state index in [0.717, 1.165) is 17.8 Å². The molecule has 1 amide bonds. The Labute approximate surface area is 130 Å². The summed E-state index contributed by atoms with van der Waals surface area (Å²) in [7, 11) is 2.00. The minimum atomic E-state index is -0.138. The molecule has 0 bridgehead atoms. The predicted octanol–water partition coefficient (Wildman–Crippen LogP) is 3.51. The molecule has 3 nitrogen and oxygen atoms in total. The van der Waals surface area contributed by atoms with Crippen molar-refractivity contribution < 1.29 is 4.79 Å². The van der Waals surface area contributed by atoms with E-state index in [1.54, 1.807) is 12.1 Å². The van der Waals surface area contributed by atoms with Crippen LogP contribution >= 0.6 is 11.6 Å². The van der Waals surface area contributed by atoms with Gasteiger partial charge in [-0.25, -0.2) is 0 Å². The zero-order chi connectivity index (χ0) is 15.2. The molecule has 0 spiro atoms. The number of para-hydroxylation sites is 1. The van der Waals surface area contributed by atoms with Crippen LogP contribution in [0.5, 0.6) is 0 Å². The second kappa shape index (κ2) is 7.14. The molecule has 0 aromatic heterocycles. The van der Waals surface area contributed by atoms with Gasteiger partial charge in [-0.2, -0.15) is 0 Å². The monoisotopic (exact) mass is 302 g/mol. The molecule has 0 saturated heterocycles. The van der Waals surface area contributed by atoms with Gasteiger partial charge in [0.1, 0.15) is 0 Å². The van der Waals surface area contributed by atoms with Gasteiger partial charge < -0.3 is 10.2 Å². The lowest BCUT2D eigenvalue weighted by molar-refractivity contribution is 0.0955. The van der Waals surface area contributed by atoms with Gasteiger partial charge in [0.05, 0.1) is 10.6 Å². The Morgan fingerprint density at radius 3 is 2.57 bits per heavy atom. The third kappa shape index (κ3) is 4.23. The van der Waals surface area contributed by atoms with Crippen LogP contribution in [-0.2, 0) is 0 Å². The summed E-state index contributed by atoms with van der Waals surface area (Å²) in [6.07, 6.45) is 0. The summed E-state index contributed by atoms with van der Waals surface area (Å²) in [6, 6.07) is 15.5. The molecule has 4 heteroatoms. The number of anilines is 1. The van der Waals surface area contributed by atoms with Crippen LogP contribution in [0, 0.1) is 6.92 Å². The molecular weight excluding hydrogens is 284 g/mol. The number of carbonyl (C=O) groups is 1. The average molecular weight is 303 g/mol. The highest BCUT2D eigenvalue weighted by Gasteiger charge is 2.10. The number of rotatable bonds is 5. The van der Waals surface area contributed by atoms with Gasteiger partial charge in [0.15, 0.2) is 0 Å². The van der Waals surface area contributed by atoms with Crippen LogP contribution in [0.3, 0.4) is 0 Å². The normalized spacial score (nSPS) is 10.2. The maximum Gasteiger partial charge on any atom is 0.252 e. The van der Waals surface area contributed by atoms with E-state index >= 15 is 0 Å². The number of hydrogen-bond donors (Lipinski definition) is 1. The first kappa shape index (κ1) is 15.4. The summed E-state index contributed by atoms with van der Waals surface area (Å²) in [6.45, 7) is 3.25. The molecule has 0 radical (unpaired) electrons. The molecular formula is C17H19ClN2O. The zero-order valence-electron chi connectivity index (χ0n) is 12.3. The van der Waals surface area contributed by atoms with Crippen molar-refractivity contribution in [1.29, 1.82) is 0 Å². The Hall–Kier alpha value is -2.00.